The van der Waals surface area contributed by atoms with Gasteiger partial charge < -0.3 is 4.74 Å². The minimum Gasteiger partial charge on any atom is -0.489 e. The quantitative estimate of drug-likeness (QED) is 0.731. The van der Waals surface area contributed by atoms with Crippen molar-refractivity contribution >= 4 is 28.7 Å². The van der Waals surface area contributed by atoms with Gasteiger partial charge in [-0.2, -0.15) is 0 Å². The van der Waals surface area contributed by atoms with Crippen molar-refractivity contribution in [3.8, 4) is 10.6 Å². The molecule has 124 valence electrons. The summed E-state index contributed by atoms with van der Waals surface area (Å²) in [6.45, 7) is 2.02. The van der Waals surface area contributed by atoms with Crippen LogP contribution in [0, 0.1) is 11.8 Å². The first-order chi connectivity index (χ1) is 11.6. The summed E-state index contributed by atoms with van der Waals surface area (Å²) in [5.41, 5.74) is 1.05. The molecule has 0 N–H and O–H groups in total. The van der Waals surface area contributed by atoms with Crippen molar-refractivity contribution in [3.05, 3.63) is 52.2 Å². The Balaban J connectivity index is 1.50. The topological polar surface area (TPSA) is 39.2 Å². The van der Waals surface area contributed by atoms with E-state index in [2.05, 4.69) is 4.98 Å². The molecule has 2 aliphatic carbocycles. The Morgan fingerprint density at radius 1 is 1.25 bits per heavy atom. The van der Waals surface area contributed by atoms with Crippen LogP contribution in [-0.2, 0) is 9.53 Å². The first kappa shape index (κ1) is 15.9. The summed E-state index contributed by atoms with van der Waals surface area (Å²) in [6.07, 6.45) is 6.51. The molecule has 2 bridgehead atoms. The number of nitrogens with zero attached hydrogens (tertiary/aromatic N) is 1. The Bertz CT molecular complexity index is 796. The molecule has 3 nitrogen and oxygen atoms in total. The number of hydrogen-bond donors (Lipinski definition) is 0. The van der Waals surface area contributed by atoms with Gasteiger partial charge in [0, 0.05) is 34.7 Å². The van der Waals surface area contributed by atoms with E-state index in [1.807, 2.05) is 37.4 Å². The van der Waals surface area contributed by atoms with Crippen molar-refractivity contribution in [2.75, 3.05) is 0 Å². The second-order valence-electron chi connectivity index (χ2n) is 6.49. The Morgan fingerprint density at radius 3 is 2.79 bits per heavy atom. The van der Waals surface area contributed by atoms with Gasteiger partial charge in [0.15, 0.2) is 5.78 Å². The highest BCUT2D eigenvalue weighted by molar-refractivity contribution is 7.15. The first-order valence-corrected chi connectivity index (χ1v) is 9.43. The lowest BCUT2D eigenvalue weighted by Crippen LogP contribution is -2.18. The van der Waals surface area contributed by atoms with Crippen LogP contribution in [0.4, 0.5) is 0 Å². The normalized spacial score (nSPS) is 23.9. The highest BCUT2D eigenvalue weighted by Crippen LogP contribution is 2.43. The zero-order chi connectivity index (χ0) is 16.7. The zero-order valence-corrected chi connectivity index (χ0v) is 14.9. The molecule has 1 aromatic heterocycles. The van der Waals surface area contributed by atoms with E-state index < -0.39 is 0 Å². The van der Waals surface area contributed by atoms with E-state index in [0.717, 1.165) is 45.5 Å². The summed E-state index contributed by atoms with van der Waals surface area (Å²) in [5, 5.41) is 1.67. The van der Waals surface area contributed by atoms with Gasteiger partial charge in [0.05, 0.1) is 4.88 Å². The lowest BCUT2D eigenvalue weighted by atomic mass is 9.93. The van der Waals surface area contributed by atoms with Crippen molar-refractivity contribution in [2.45, 2.75) is 32.3 Å². The molecule has 2 aromatic rings. The van der Waals surface area contributed by atoms with Gasteiger partial charge in [-0.1, -0.05) is 23.7 Å². The number of benzene rings is 1. The summed E-state index contributed by atoms with van der Waals surface area (Å²) in [7, 11) is 0. The third-order valence-electron chi connectivity index (χ3n) is 4.85. The highest BCUT2D eigenvalue weighted by Gasteiger charge is 2.37. The Hall–Kier alpha value is -1.65. The van der Waals surface area contributed by atoms with Crippen molar-refractivity contribution in [2.24, 2.45) is 11.8 Å². The number of ketones is 1. The van der Waals surface area contributed by atoms with Gasteiger partial charge in [0.1, 0.15) is 16.9 Å². The SMILES string of the molecule is CC(OC1=CC(=O)C2CCC1C2)c1cnc(-c2ccc(Cl)cc2)s1. The molecule has 0 radical (unpaired) electrons. The molecule has 1 heterocycles. The zero-order valence-electron chi connectivity index (χ0n) is 13.4. The number of ether oxygens (including phenoxy) is 1. The fourth-order valence-electron chi connectivity index (χ4n) is 3.47. The number of rotatable bonds is 4. The second-order valence-corrected chi connectivity index (χ2v) is 7.99. The summed E-state index contributed by atoms with van der Waals surface area (Å²) in [4.78, 5) is 17.6. The molecule has 1 fully saturated rings. The summed E-state index contributed by atoms with van der Waals surface area (Å²) < 4.78 is 6.14. The highest BCUT2D eigenvalue weighted by atomic mass is 35.5. The van der Waals surface area contributed by atoms with E-state index in [1.165, 1.54) is 0 Å². The maximum atomic E-state index is 12.0. The Labute approximate surface area is 150 Å². The largest absolute Gasteiger partial charge is 0.489 e. The molecule has 2 aliphatic rings. The predicted molar refractivity (Wildman–Crippen MR) is 96.0 cm³/mol. The van der Waals surface area contributed by atoms with E-state index in [1.54, 1.807) is 17.4 Å². The van der Waals surface area contributed by atoms with Crippen LogP contribution in [0.2, 0.25) is 5.02 Å². The Kier molecular flexibility index (Phi) is 4.19. The summed E-state index contributed by atoms with van der Waals surface area (Å²) in [6, 6.07) is 7.68. The molecule has 3 unspecified atom stereocenters. The van der Waals surface area contributed by atoms with Crippen LogP contribution in [0.1, 0.15) is 37.2 Å². The summed E-state index contributed by atoms with van der Waals surface area (Å²) >= 11 is 7.55. The van der Waals surface area contributed by atoms with Crippen molar-refractivity contribution in [3.63, 3.8) is 0 Å². The maximum absolute atomic E-state index is 12.0. The van der Waals surface area contributed by atoms with E-state index in [4.69, 9.17) is 16.3 Å². The molecule has 3 atom stereocenters. The molecule has 0 spiro atoms. The third-order valence-corrected chi connectivity index (χ3v) is 6.31. The fourth-order valence-corrected chi connectivity index (χ4v) is 4.50. The van der Waals surface area contributed by atoms with Gasteiger partial charge in [-0.05, 0) is 38.3 Å². The average Bonchev–Trinajstić information content (AvgIpc) is 3.22. The number of thiazole rings is 1. The monoisotopic (exact) mass is 359 g/mol. The van der Waals surface area contributed by atoms with Gasteiger partial charge in [-0.3, -0.25) is 4.79 Å². The third kappa shape index (κ3) is 3.01. The molecular formula is C19H18ClNO2S. The molecule has 24 heavy (non-hydrogen) atoms. The van der Waals surface area contributed by atoms with Crippen LogP contribution >= 0.6 is 22.9 Å². The van der Waals surface area contributed by atoms with Gasteiger partial charge in [-0.15, -0.1) is 11.3 Å². The molecule has 0 aliphatic heterocycles. The van der Waals surface area contributed by atoms with Crippen LogP contribution < -0.4 is 0 Å². The minimum absolute atomic E-state index is 0.0975. The van der Waals surface area contributed by atoms with Crippen molar-refractivity contribution in [1.29, 1.82) is 0 Å². The molecule has 1 saturated carbocycles. The number of carbonyl (C=O) groups is 1. The van der Waals surface area contributed by atoms with Gasteiger partial charge in [-0.25, -0.2) is 4.98 Å². The van der Waals surface area contributed by atoms with Gasteiger partial charge in [0.25, 0.3) is 0 Å². The number of aromatic nitrogens is 1. The fraction of sp³-hybridized carbons (Fsp3) is 0.368. The van der Waals surface area contributed by atoms with Crippen molar-refractivity contribution < 1.29 is 9.53 Å². The van der Waals surface area contributed by atoms with Crippen LogP contribution in [0.5, 0.6) is 0 Å². The molecule has 4 rings (SSSR count). The van der Waals surface area contributed by atoms with Gasteiger partial charge in [0.2, 0.25) is 0 Å². The van der Waals surface area contributed by atoms with Crippen LogP contribution in [0.3, 0.4) is 0 Å². The molecule has 5 heteroatoms. The Morgan fingerprint density at radius 2 is 2.00 bits per heavy atom. The number of allylic oxidation sites excluding steroid dienone is 2. The van der Waals surface area contributed by atoms with Crippen LogP contribution in [0.15, 0.2) is 42.3 Å². The lowest BCUT2D eigenvalue weighted by molar-refractivity contribution is -0.118. The molecular weight excluding hydrogens is 342 g/mol. The maximum Gasteiger partial charge on any atom is 0.162 e. The smallest absolute Gasteiger partial charge is 0.162 e. The van der Waals surface area contributed by atoms with Crippen molar-refractivity contribution in [1.82, 2.24) is 4.98 Å². The molecule has 0 saturated heterocycles. The molecule has 1 aromatic carbocycles. The second kappa shape index (κ2) is 6.34. The first-order valence-electron chi connectivity index (χ1n) is 8.24. The van der Waals surface area contributed by atoms with E-state index in [0.29, 0.717) is 5.92 Å². The van der Waals surface area contributed by atoms with Crippen LogP contribution in [-0.4, -0.2) is 10.8 Å². The number of carbonyl (C=O) groups excluding carboxylic acids is 1. The average molecular weight is 360 g/mol. The number of hydrogen-bond acceptors (Lipinski definition) is 4. The van der Waals surface area contributed by atoms with Gasteiger partial charge >= 0.3 is 0 Å². The van der Waals surface area contributed by atoms with E-state index in [9.17, 15) is 4.79 Å². The summed E-state index contributed by atoms with van der Waals surface area (Å²) in [5.74, 6) is 1.75. The van der Waals surface area contributed by atoms with Crippen LogP contribution in [0.25, 0.3) is 10.6 Å². The lowest BCUT2D eigenvalue weighted by Gasteiger charge is -2.23. The van der Waals surface area contributed by atoms with E-state index in [-0.39, 0.29) is 17.8 Å². The number of halogens is 1. The predicted octanol–water partition coefficient (Wildman–Crippen LogP) is 5.42. The minimum atomic E-state index is -0.0975. The van der Waals surface area contributed by atoms with E-state index >= 15 is 0 Å². The molecule has 0 amide bonds. The standard InChI is InChI=1S/C19H18ClNO2S/c1-11(23-17-9-16(22)13-2-3-14(17)8-13)18-10-21-19(24-18)12-4-6-15(20)7-5-12/h4-7,9-11,13-14H,2-3,8H2,1H3. The number of fused-ring (bicyclic) bond motifs is 2.